The molecule has 6 heteroatoms. The van der Waals surface area contributed by atoms with E-state index in [4.69, 9.17) is 11.5 Å². The van der Waals surface area contributed by atoms with Crippen molar-refractivity contribution < 1.29 is 9.59 Å². The molecule has 2 amide bonds. The minimum Gasteiger partial charge on any atom is -0.370 e. The summed E-state index contributed by atoms with van der Waals surface area (Å²) < 4.78 is 0. The Hall–Kier alpha value is -1.14. The highest BCUT2D eigenvalue weighted by Gasteiger charge is 1.96. The van der Waals surface area contributed by atoms with Crippen molar-refractivity contribution in [3.05, 3.63) is 0 Å². The molecule has 62 valence electrons. The normalized spacial score (nSPS) is 6.80. The molecule has 0 radical (unpaired) electrons. The summed E-state index contributed by atoms with van der Waals surface area (Å²) in [6.07, 6.45) is 0.102. The van der Waals surface area contributed by atoms with E-state index < -0.39 is 11.8 Å². The highest BCUT2D eigenvalue weighted by molar-refractivity contribution is 5.81. The first-order valence-electron chi connectivity index (χ1n) is 2.19. The van der Waals surface area contributed by atoms with E-state index in [0.29, 0.717) is 0 Å². The lowest BCUT2D eigenvalue weighted by molar-refractivity contribution is -0.123. The maximum Gasteiger partial charge on any atom is 0.217 e. The Morgan fingerprint density at radius 1 is 0.900 bits per heavy atom. The molecule has 0 rings (SSSR count). The van der Waals surface area contributed by atoms with Crippen molar-refractivity contribution in [3.8, 4) is 0 Å². The summed E-state index contributed by atoms with van der Waals surface area (Å²) in [7, 11) is 0. The smallest absolute Gasteiger partial charge is 0.217 e. The van der Waals surface area contributed by atoms with Crippen LogP contribution in [0.1, 0.15) is 12.8 Å². The number of nitrogens with two attached hydrogens (primary N) is 2. The van der Waals surface area contributed by atoms with Crippen LogP contribution in [0.2, 0.25) is 0 Å². The Labute approximate surface area is 59.1 Å². The molecule has 0 unspecified atom stereocenters. The van der Waals surface area contributed by atoms with Gasteiger partial charge in [0.2, 0.25) is 11.8 Å². The Bertz CT molecular complexity index is 99.8. The van der Waals surface area contributed by atoms with Gasteiger partial charge >= 0.3 is 0 Å². The molecule has 10 N–H and O–H groups in total. The lowest BCUT2D eigenvalue weighted by Gasteiger charge is -1.87. The summed E-state index contributed by atoms with van der Waals surface area (Å²) in [6.45, 7) is 0. The number of hydrogen-bond acceptors (Lipinski definition) is 4. The maximum absolute atomic E-state index is 9.92. The van der Waals surface area contributed by atoms with Crippen LogP contribution < -0.4 is 23.8 Å². The van der Waals surface area contributed by atoms with Crippen LogP contribution >= 0.6 is 0 Å². The Kier molecular flexibility index (Phi) is 12.5. The molecule has 0 saturated heterocycles. The molecule has 0 aromatic carbocycles. The number of rotatable bonds is 3. The third-order valence-electron chi connectivity index (χ3n) is 0.618. The second kappa shape index (κ2) is 7.86. The van der Waals surface area contributed by atoms with E-state index in [-0.39, 0.29) is 25.1 Å². The van der Waals surface area contributed by atoms with Gasteiger partial charge < -0.3 is 23.8 Å². The summed E-state index contributed by atoms with van der Waals surface area (Å²) in [5.41, 5.74) is 9.39. The first-order valence-corrected chi connectivity index (χ1v) is 2.19. The van der Waals surface area contributed by atoms with Crippen molar-refractivity contribution in [2.75, 3.05) is 0 Å². The molecular weight excluding hydrogens is 136 g/mol. The zero-order valence-corrected chi connectivity index (χ0v) is 5.80. The van der Waals surface area contributed by atoms with Gasteiger partial charge in [0.1, 0.15) is 0 Å². The van der Waals surface area contributed by atoms with Crippen molar-refractivity contribution in [2.24, 2.45) is 11.5 Å². The fourth-order valence-electron chi connectivity index (χ4n) is 0.246. The molecule has 0 saturated carbocycles. The quantitative estimate of drug-likeness (QED) is 0.409. The van der Waals surface area contributed by atoms with Gasteiger partial charge in [0.05, 0.1) is 0 Å². The summed E-state index contributed by atoms with van der Waals surface area (Å²) in [5.74, 6) is -0.993. The van der Waals surface area contributed by atoms with Crippen LogP contribution in [0.15, 0.2) is 0 Å². The van der Waals surface area contributed by atoms with E-state index >= 15 is 0 Å². The van der Waals surface area contributed by atoms with Crippen LogP contribution in [0, 0.1) is 0 Å². The van der Waals surface area contributed by atoms with Crippen molar-refractivity contribution in [1.29, 1.82) is 0 Å². The van der Waals surface area contributed by atoms with Crippen LogP contribution in [-0.2, 0) is 9.59 Å². The van der Waals surface area contributed by atoms with Gasteiger partial charge in [-0.25, -0.2) is 0 Å². The largest absolute Gasteiger partial charge is 0.370 e. The topological polar surface area (TPSA) is 156 Å². The molecule has 0 aromatic heterocycles. The standard InChI is InChI=1S/C4H8N2O2.2H3N/c5-3(7)1-2-4(6)8;;/h1-2H2,(H2,5,7)(H2,6,8);2*1H3. The van der Waals surface area contributed by atoms with Crippen molar-refractivity contribution in [2.45, 2.75) is 12.8 Å². The van der Waals surface area contributed by atoms with Gasteiger partial charge in [-0.1, -0.05) is 0 Å². The molecule has 0 atom stereocenters. The number of amides is 2. The van der Waals surface area contributed by atoms with Gasteiger partial charge in [0.15, 0.2) is 0 Å². The van der Waals surface area contributed by atoms with Gasteiger partial charge in [-0.3, -0.25) is 9.59 Å². The SMILES string of the molecule is N.N.NC(=O)CCC(N)=O. The minimum atomic E-state index is -0.496. The van der Waals surface area contributed by atoms with E-state index in [1.807, 2.05) is 0 Å². The van der Waals surface area contributed by atoms with Crippen LogP contribution in [0.25, 0.3) is 0 Å². The zero-order chi connectivity index (χ0) is 6.57. The molecule has 0 aromatic rings. The molecule has 0 aliphatic rings. The first-order chi connectivity index (χ1) is 3.63. The average Bonchev–Trinajstić information content (AvgIpc) is 1.61. The Morgan fingerprint density at radius 3 is 1.20 bits per heavy atom. The van der Waals surface area contributed by atoms with E-state index in [2.05, 4.69) is 0 Å². The molecule has 0 aliphatic heterocycles. The van der Waals surface area contributed by atoms with E-state index in [1.54, 1.807) is 0 Å². The Morgan fingerprint density at radius 2 is 1.10 bits per heavy atom. The fourth-order valence-corrected chi connectivity index (χ4v) is 0.246. The van der Waals surface area contributed by atoms with Crippen LogP contribution in [-0.4, -0.2) is 11.8 Å². The highest BCUT2D eigenvalue weighted by Crippen LogP contribution is 1.82. The molecular formula is C4H14N4O2. The van der Waals surface area contributed by atoms with Crippen molar-refractivity contribution >= 4 is 11.8 Å². The number of carbonyl (C=O) groups excluding carboxylic acids is 2. The molecule has 10 heavy (non-hydrogen) atoms. The molecule has 0 spiro atoms. The third-order valence-corrected chi connectivity index (χ3v) is 0.618. The second-order valence-electron chi connectivity index (χ2n) is 1.43. The van der Waals surface area contributed by atoms with Crippen LogP contribution in [0.5, 0.6) is 0 Å². The monoisotopic (exact) mass is 150 g/mol. The fraction of sp³-hybridized carbons (Fsp3) is 0.500. The lowest BCUT2D eigenvalue weighted by Crippen LogP contribution is -2.16. The summed E-state index contributed by atoms with van der Waals surface area (Å²) in [4.78, 5) is 19.8. The van der Waals surface area contributed by atoms with Crippen LogP contribution in [0.4, 0.5) is 0 Å². The van der Waals surface area contributed by atoms with Gasteiger partial charge in [-0.15, -0.1) is 0 Å². The summed E-state index contributed by atoms with van der Waals surface area (Å²) in [5, 5.41) is 0. The highest BCUT2D eigenvalue weighted by atomic mass is 16.2. The minimum absolute atomic E-state index is 0. The maximum atomic E-state index is 9.92. The summed E-state index contributed by atoms with van der Waals surface area (Å²) in [6, 6.07) is 0. The van der Waals surface area contributed by atoms with E-state index in [9.17, 15) is 9.59 Å². The van der Waals surface area contributed by atoms with Gasteiger partial charge in [0.25, 0.3) is 0 Å². The zero-order valence-electron chi connectivity index (χ0n) is 5.80. The molecule has 0 aliphatic carbocycles. The predicted molar refractivity (Wildman–Crippen MR) is 37.7 cm³/mol. The average molecular weight is 150 g/mol. The van der Waals surface area contributed by atoms with Gasteiger partial charge in [-0.2, -0.15) is 0 Å². The summed E-state index contributed by atoms with van der Waals surface area (Å²) >= 11 is 0. The van der Waals surface area contributed by atoms with Crippen LogP contribution in [0.3, 0.4) is 0 Å². The number of hydrogen-bond donors (Lipinski definition) is 4. The number of carbonyl (C=O) groups is 2. The van der Waals surface area contributed by atoms with Gasteiger partial charge in [0, 0.05) is 12.8 Å². The van der Waals surface area contributed by atoms with Gasteiger partial charge in [-0.05, 0) is 0 Å². The van der Waals surface area contributed by atoms with Crippen molar-refractivity contribution in [3.63, 3.8) is 0 Å². The van der Waals surface area contributed by atoms with E-state index in [0.717, 1.165) is 0 Å². The van der Waals surface area contributed by atoms with Crippen molar-refractivity contribution in [1.82, 2.24) is 12.3 Å². The predicted octanol–water partition coefficient (Wildman–Crippen LogP) is -0.939. The van der Waals surface area contributed by atoms with E-state index in [1.165, 1.54) is 0 Å². The molecule has 0 heterocycles. The first kappa shape index (κ1) is 15.9. The molecule has 0 bridgehead atoms. The second-order valence-corrected chi connectivity index (χ2v) is 1.43. The lowest BCUT2D eigenvalue weighted by atomic mass is 10.3. The Balaban J connectivity index is -0.000000245. The molecule has 0 fully saturated rings. The molecule has 6 nitrogen and oxygen atoms in total. The third kappa shape index (κ3) is 15.8. The number of primary amides is 2.